The van der Waals surface area contributed by atoms with Crippen LogP contribution in [0.4, 0.5) is 0 Å². The van der Waals surface area contributed by atoms with Gasteiger partial charge in [0.25, 0.3) is 5.91 Å². The normalized spacial score (nSPS) is 24.9. The smallest absolute Gasteiger partial charge is 0.272 e. The molecule has 2 heterocycles. The molecule has 1 saturated carbocycles. The Balaban J connectivity index is 1.63. The number of carbonyl (C=O) groups is 1. The fourth-order valence-electron chi connectivity index (χ4n) is 4.36. The molecule has 2 atom stereocenters. The number of nitrogens with two attached hydrogens (primary N) is 1. The molecule has 1 aromatic heterocycles. The summed E-state index contributed by atoms with van der Waals surface area (Å²) in [7, 11) is 1.83. The van der Waals surface area contributed by atoms with Crippen LogP contribution in [0.1, 0.15) is 49.3 Å². The van der Waals surface area contributed by atoms with Gasteiger partial charge in [-0.15, -0.1) is 0 Å². The monoisotopic (exact) mass is 364 g/mol. The standard InChI is InChI=1S/C19H32N4O3/c1-13(2)10-14-11-15(22(3)21-14)18(25)23-7-4-19(5-8-23)16(24)12-17(19)26-9-6-20/h11,13,16-17,24H,4-10,12,20H2,1-3H3. The zero-order chi connectivity index (χ0) is 18.9. The van der Waals surface area contributed by atoms with E-state index in [2.05, 4.69) is 18.9 Å². The number of hydrogen-bond donors (Lipinski definition) is 2. The lowest BCUT2D eigenvalue weighted by Crippen LogP contribution is -2.63. The maximum absolute atomic E-state index is 12.9. The van der Waals surface area contributed by atoms with E-state index in [9.17, 15) is 9.90 Å². The highest BCUT2D eigenvalue weighted by Gasteiger charge is 2.56. The molecule has 1 spiro atoms. The molecule has 3 rings (SSSR count). The van der Waals surface area contributed by atoms with Gasteiger partial charge in [-0.2, -0.15) is 5.10 Å². The molecule has 3 N–H and O–H groups in total. The molecule has 2 unspecified atom stereocenters. The summed E-state index contributed by atoms with van der Waals surface area (Å²) in [5.74, 6) is 0.534. The summed E-state index contributed by atoms with van der Waals surface area (Å²) in [6.07, 6.45) is 2.81. The van der Waals surface area contributed by atoms with Crippen molar-refractivity contribution in [2.45, 2.75) is 51.7 Å². The summed E-state index contributed by atoms with van der Waals surface area (Å²) in [6.45, 7) is 6.59. The Kier molecular flexibility index (Phi) is 5.69. The number of ether oxygens (including phenoxy) is 1. The Morgan fingerprint density at radius 1 is 1.46 bits per heavy atom. The molecule has 1 amide bonds. The number of likely N-dealkylation sites (tertiary alicyclic amines) is 1. The number of rotatable bonds is 6. The lowest BCUT2D eigenvalue weighted by atomic mass is 9.58. The Morgan fingerprint density at radius 2 is 2.15 bits per heavy atom. The molecule has 1 aliphatic heterocycles. The van der Waals surface area contributed by atoms with E-state index in [1.807, 2.05) is 18.0 Å². The van der Waals surface area contributed by atoms with Gasteiger partial charge in [0, 0.05) is 38.5 Å². The number of hydrogen-bond acceptors (Lipinski definition) is 5. The van der Waals surface area contributed by atoms with Gasteiger partial charge in [-0.3, -0.25) is 9.48 Å². The van der Waals surface area contributed by atoms with E-state index in [1.54, 1.807) is 4.68 Å². The molecule has 2 aliphatic rings. The molecular weight excluding hydrogens is 332 g/mol. The van der Waals surface area contributed by atoms with Crippen molar-refractivity contribution in [3.05, 3.63) is 17.5 Å². The van der Waals surface area contributed by atoms with E-state index in [1.165, 1.54) is 0 Å². The van der Waals surface area contributed by atoms with Gasteiger partial charge in [-0.25, -0.2) is 0 Å². The second-order valence-corrected chi connectivity index (χ2v) is 8.17. The zero-order valence-electron chi connectivity index (χ0n) is 16.1. The van der Waals surface area contributed by atoms with Crippen LogP contribution in [0.3, 0.4) is 0 Å². The minimum atomic E-state index is -0.336. The summed E-state index contributed by atoms with van der Waals surface area (Å²) in [4.78, 5) is 14.8. The lowest BCUT2D eigenvalue weighted by Gasteiger charge is -2.56. The van der Waals surface area contributed by atoms with Gasteiger partial charge in [0.1, 0.15) is 5.69 Å². The lowest BCUT2D eigenvalue weighted by molar-refractivity contribution is -0.208. The summed E-state index contributed by atoms with van der Waals surface area (Å²) < 4.78 is 7.52. The first-order chi connectivity index (χ1) is 12.4. The minimum Gasteiger partial charge on any atom is -0.392 e. The number of nitrogens with zero attached hydrogens (tertiary/aromatic N) is 3. The van der Waals surface area contributed by atoms with Crippen LogP contribution in [-0.2, 0) is 18.2 Å². The van der Waals surface area contributed by atoms with Crippen molar-refractivity contribution in [3.63, 3.8) is 0 Å². The first-order valence-corrected chi connectivity index (χ1v) is 9.69. The van der Waals surface area contributed by atoms with Crippen molar-refractivity contribution >= 4 is 5.91 Å². The molecule has 1 aliphatic carbocycles. The molecular formula is C19H32N4O3. The quantitative estimate of drug-likeness (QED) is 0.784. The van der Waals surface area contributed by atoms with Gasteiger partial charge in [-0.1, -0.05) is 13.8 Å². The first kappa shape index (κ1) is 19.3. The van der Waals surface area contributed by atoms with Gasteiger partial charge in [0.15, 0.2) is 0 Å². The second kappa shape index (κ2) is 7.66. The van der Waals surface area contributed by atoms with Gasteiger partial charge >= 0.3 is 0 Å². The third-order valence-corrected chi connectivity index (χ3v) is 5.93. The van der Waals surface area contributed by atoms with Crippen LogP contribution >= 0.6 is 0 Å². The molecule has 0 radical (unpaired) electrons. The van der Waals surface area contributed by atoms with E-state index in [0.29, 0.717) is 44.3 Å². The third kappa shape index (κ3) is 3.52. The van der Waals surface area contributed by atoms with E-state index in [4.69, 9.17) is 10.5 Å². The van der Waals surface area contributed by atoms with E-state index >= 15 is 0 Å². The van der Waals surface area contributed by atoms with Crippen LogP contribution in [-0.4, -0.2) is 64.1 Å². The van der Waals surface area contributed by atoms with Crippen LogP contribution < -0.4 is 5.73 Å². The summed E-state index contributed by atoms with van der Waals surface area (Å²) >= 11 is 0. The highest BCUT2D eigenvalue weighted by molar-refractivity contribution is 5.92. The third-order valence-electron chi connectivity index (χ3n) is 5.93. The topological polar surface area (TPSA) is 93.6 Å². The molecule has 146 valence electrons. The number of aliphatic hydroxyl groups is 1. The van der Waals surface area contributed by atoms with Crippen molar-refractivity contribution in [1.82, 2.24) is 14.7 Å². The van der Waals surface area contributed by atoms with Crippen LogP contribution in [0.25, 0.3) is 0 Å². The molecule has 2 fully saturated rings. The number of aryl methyl sites for hydroxylation is 1. The zero-order valence-corrected chi connectivity index (χ0v) is 16.1. The Bertz CT molecular complexity index is 635. The molecule has 26 heavy (non-hydrogen) atoms. The second-order valence-electron chi connectivity index (χ2n) is 8.17. The van der Waals surface area contributed by atoms with Gasteiger partial charge in [0.2, 0.25) is 0 Å². The summed E-state index contributed by atoms with van der Waals surface area (Å²) in [5.41, 5.74) is 6.93. The Hall–Kier alpha value is -1.44. The number of amides is 1. The number of piperidine rings is 1. The van der Waals surface area contributed by atoms with Crippen molar-refractivity contribution in [1.29, 1.82) is 0 Å². The molecule has 0 bridgehead atoms. The molecule has 7 heteroatoms. The number of aliphatic hydroxyl groups excluding tert-OH is 1. The van der Waals surface area contributed by atoms with Gasteiger partial charge < -0.3 is 20.5 Å². The Labute approximate surface area is 155 Å². The largest absolute Gasteiger partial charge is 0.392 e. The van der Waals surface area contributed by atoms with E-state index in [-0.39, 0.29) is 23.5 Å². The number of aromatic nitrogens is 2. The number of carbonyl (C=O) groups excluding carboxylic acids is 1. The first-order valence-electron chi connectivity index (χ1n) is 9.69. The van der Waals surface area contributed by atoms with E-state index in [0.717, 1.165) is 25.0 Å². The SMILES string of the molecule is CC(C)Cc1cc(C(=O)N2CCC3(CC2)C(O)CC3OCCN)n(C)n1. The van der Waals surface area contributed by atoms with Crippen molar-refractivity contribution in [3.8, 4) is 0 Å². The average Bonchev–Trinajstić information content (AvgIpc) is 2.97. The van der Waals surface area contributed by atoms with Crippen molar-refractivity contribution < 1.29 is 14.6 Å². The average molecular weight is 364 g/mol. The van der Waals surface area contributed by atoms with Crippen LogP contribution in [0.2, 0.25) is 0 Å². The van der Waals surface area contributed by atoms with Crippen LogP contribution in [0.15, 0.2) is 6.07 Å². The fraction of sp³-hybridized carbons (Fsp3) is 0.789. The molecule has 0 aromatic carbocycles. The molecule has 1 aromatic rings. The van der Waals surface area contributed by atoms with Crippen molar-refractivity contribution in [2.24, 2.45) is 24.1 Å². The minimum absolute atomic E-state index is 0.0260. The van der Waals surface area contributed by atoms with Crippen LogP contribution in [0.5, 0.6) is 0 Å². The Morgan fingerprint density at radius 3 is 2.73 bits per heavy atom. The maximum atomic E-state index is 12.9. The van der Waals surface area contributed by atoms with E-state index < -0.39 is 0 Å². The highest BCUT2D eigenvalue weighted by atomic mass is 16.5. The fourth-order valence-corrected chi connectivity index (χ4v) is 4.36. The summed E-state index contributed by atoms with van der Waals surface area (Å²) in [6, 6.07) is 1.91. The molecule has 1 saturated heterocycles. The van der Waals surface area contributed by atoms with Gasteiger partial charge in [-0.05, 0) is 31.2 Å². The van der Waals surface area contributed by atoms with Crippen molar-refractivity contribution in [2.75, 3.05) is 26.2 Å². The highest BCUT2D eigenvalue weighted by Crippen LogP contribution is 2.51. The maximum Gasteiger partial charge on any atom is 0.272 e. The molecule has 7 nitrogen and oxygen atoms in total. The predicted octanol–water partition coefficient (Wildman–Crippen LogP) is 0.950. The van der Waals surface area contributed by atoms with Crippen LogP contribution in [0, 0.1) is 11.3 Å². The predicted molar refractivity (Wildman–Crippen MR) is 98.7 cm³/mol. The van der Waals surface area contributed by atoms with Gasteiger partial charge in [0.05, 0.1) is 24.5 Å². The summed E-state index contributed by atoms with van der Waals surface area (Å²) in [5, 5.41) is 14.8.